The maximum absolute atomic E-state index is 12.6. The summed E-state index contributed by atoms with van der Waals surface area (Å²) >= 11 is 0. The maximum Gasteiger partial charge on any atom is 0.318 e. The summed E-state index contributed by atoms with van der Waals surface area (Å²) < 4.78 is 5.35. The quantitative estimate of drug-likeness (QED) is 0.858. The van der Waals surface area contributed by atoms with E-state index in [1.54, 1.807) is 0 Å². The number of carbonyl (C=O) groups is 1. The zero-order chi connectivity index (χ0) is 15.0. The van der Waals surface area contributed by atoms with Gasteiger partial charge in [0.1, 0.15) is 5.41 Å². The van der Waals surface area contributed by atoms with Gasteiger partial charge in [0, 0.05) is 11.1 Å². The lowest BCUT2D eigenvalue weighted by molar-refractivity contribution is -0.147. The maximum atomic E-state index is 12.6. The molecule has 0 aliphatic heterocycles. The van der Waals surface area contributed by atoms with Gasteiger partial charge < -0.3 is 10.1 Å². The number of hydrogen-bond acceptors (Lipinski definition) is 3. The van der Waals surface area contributed by atoms with Gasteiger partial charge in [-0.05, 0) is 46.6 Å². The molecule has 0 saturated heterocycles. The molecule has 0 amide bonds. The van der Waals surface area contributed by atoms with Gasteiger partial charge in [-0.2, -0.15) is 0 Å². The average molecular weight is 275 g/mol. The van der Waals surface area contributed by atoms with Gasteiger partial charge >= 0.3 is 5.97 Å². The summed E-state index contributed by atoms with van der Waals surface area (Å²) in [7, 11) is 0. The van der Waals surface area contributed by atoms with Crippen LogP contribution in [0.15, 0.2) is 30.3 Å². The smallest absolute Gasteiger partial charge is 0.318 e. The standard InChI is InChI=1S/C17H25NO2/c1-6-20-14(19)17(13-10-8-7-9-11-13)12-16(17,5)18-15(2,3)4/h7-11,18H,6,12H2,1-5H3. The Bertz CT molecular complexity index is 491. The van der Waals surface area contributed by atoms with E-state index in [4.69, 9.17) is 4.74 Å². The van der Waals surface area contributed by atoms with E-state index in [9.17, 15) is 4.79 Å². The Labute approximate surface area is 121 Å². The average Bonchev–Trinajstić information content (AvgIpc) is 2.95. The van der Waals surface area contributed by atoms with Crippen LogP contribution in [0.3, 0.4) is 0 Å². The van der Waals surface area contributed by atoms with Gasteiger partial charge in [0.2, 0.25) is 0 Å². The van der Waals surface area contributed by atoms with Crippen molar-refractivity contribution in [2.45, 2.75) is 57.5 Å². The Balaban J connectivity index is 2.37. The summed E-state index contributed by atoms with van der Waals surface area (Å²) in [5, 5.41) is 3.60. The fourth-order valence-corrected chi connectivity index (χ4v) is 3.28. The highest BCUT2D eigenvalue weighted by Crippen LogP contribution is 2.59. The highest BCUT2D eigenvalue weighted by molar-refractivity contribution is 5.90. The van der Waals surface area contributed by atoms with Crippen molar-refractivity contribution in [3.05, 3.63) is 35.9 Å². The molecule has 1 N–H and O–H groups in total. The van der Waals surface area contributed by atoms with Crippen molar-refractivity contribution in [1.29, 1.82) is 0 Å². The molecule has 0 bridgehead atoms. The van der Waals surface area contributed by atoms with E-state index in [-0.39, 0.29) is 17.0 Å². The van der Waals surface area contributed by atoms with Crippen LogP contribution in [-0.2, 0) is 14.9 Å². The summed E-state index contributed by atoms with van der Waals surface area (Å²) in [5.41, 5.74) is 0.187. The Morgan fingerprint density at radius 2 is 1.90 bits per heavy atom. The van der Waals surface area contributed by atoms with Crippen LogP contribution < -0.4 is 5.32 Å². The third-order valence-electron chi connectivity index (χ3n) is 3.98. The van der Waals surface area contributed by atoms with Gasteiger partial charge in [-0.1, -0.05) is 30.3 Å². The Morgan fingerprint density at radius 3 is 2.40 bits per heavy atom. The van der Waals surface area contributed by atoms with E-state index in [1.165, 1.54) is 0 Å². The fourth-order valence-electron chi connectivity index (χ4n) is 3.28. The first-order valence-electron chi connectivity index (χ1n) is 7.27. The van der Waals surface area contributed by atoms with Crippen molar-refractivity contribution in [3.8, 4) is 0 Å². The highest BCUT2D eigenvalue weighted by atomic mass is 16.5. The van der Waals surface area contributed by atoms with E-state index in [0.717, 1.165) is 12.0 Å². The van der Waals surface area contributed by atoms with Gasteiger partial charge in [0.15, 0.2) is 0 Å². The number of rotatable bonds is 4. The minimum Gasteiger partial charge on any atom is -0.465 e. The predicted molar refractivity (Wildman–Crippen MR) is 80.7 cm³/mol. The third kappa shape index (κ3) is 2.47. The molecule has 2 unspecified atom stereocenters. The molecular weight excluding hydrogens is 250 g/mol. The van der Waals surface area contributed by atoms with Crippen LogP contribution in [0.4, 0.5) is 0 Å². The molecule has 0 radical (unpaired) electrons. The van der Waals surface area contributed by atoms with Crippen LogP contribution in [0.5, 0.6) is 0 Å². The number of nitrogens with one attached hydrogen (secondary N) is 1. The molecule has 110 valence electrons. The lowest BCUT2D eigenvalue weighted by atomic mass is 9.89. The fraction of sp³-hybridized carbons (Fsp3) is 0.588. The molecule has 2 atom stereocenters. The van der Waals surface area contributed by atoms with Crippen LogP contribution in [0.1, 0.15) is 46.6 Å². The molecule has 1 saturated carbocycles. The Morgan fingerprint density at radius 1 is 1.30 bits per heavy atom. The summed E-state index contributed by atoms with van der Waals surface area (Å²) in [6, 6.07) is 9.97. The zero-order valence-electron chi connectivity index (χ0n) is 13.1. The second kappa shape index (κ2) is 4.88. The molecule has 3 nitrogen and oxygen atoms in total. The predicted octanol–water partition coefficient (Wildman–Crippen LogP) is 3.04. The van der Waals surface area contributed by atoms with E-state index in [0.29, 0.717) is 6.61 Å². The summed E-state index contributed by atoms with van der Waals surface area (Å²) in [5.74, 6) is -0.120. The molecule has 0 spiro atoms. The van der Waals surface area contributed by atoms with Crippen LogP contribution in [-0.4, -0.2) is 23.7 Å². The van der Waals surface area contributed by atoms with Crippen molar-refractivity contribution < 1.29 is 9.53 Å². The van der Waals surface area contributed by atoms with E-state index < -0.39 is 5.41 Å². The molecule has 1 aromatic rings. The minimum absolute atomic E-state index is 0.0439. The number of hydrogen-bond donors (Lipinski definition) is 1. The normalized spacial score (nSPS) is 29.1. The molecule has 2 rings (SSSR count). The summed E-state index contributed by atoms with van der Waals surface area (Å²) in [4.78, 5) is 12.6. The number of carbonyl (C=O) groups excluding carboxylic acids is 1. The second-order valence-corrected chi connectivity index (χ2v) is 6.88. The lowest BCUT2D eigenvalue weighted by Crippen LogP contribution is -2.49. The van der Waals surface area contributed by atoms with Gasteiger partial charge in [-0.15, -0.1) is 0 Å². The van der Waals surface area contributed by atoms with Crippen molar-refractivity contribution >= 4 is 5.97 Å². The van der Waals surface area contributed by atoms with Gasteiger partial charge in [0.25, 0.3) is 0 Å². The van der Waals surface area contributed by atoms with Crippen molar-refractivity contribution in [2.75, 3.05) is 6.61 Å². The zero-order valence-corrected chi connectivity index (χ0v) is 13.1. The topological polar surface area (TPSA) is 38.3 Å². The van der Waals surface area contributed by atoms with Crippen molar-refractivity contribution in [3.63, 3.8) is 0 Å². The van der Waals surface area contributed by atoms with Gasteiger partial charge in [0.05, 0.1) is 6.61 Å². The SMILES string of the molecule is CCOC(=O)C1(c2ccccc2)CC1(C)NC(C)(C)C. The molecular formula is C17H25NO2. The first-order chi connectivity index (χ1) is 9.25. The van der Waals surface area contributed by atoms with Gasteiger partial charge in [-0.25, -0.2) is 0 Å². The monoisotopic (exact) mass is 275 g/mol. The van der Waals surface area contributed by atoms with E-state index >= 15 is 0 Å². The molecule has 1 fully saturated rings. The van der Waals surface area contributed by atoms with Crippen molar-refractivity contribution in [1.82, 2.24) is 5.32 Å². The molecule has 3 heteroatoms. The Hall–Kier alpha value is -1.35. The molecule has 1 aliphatic carbocycles. The molecule has 1 aromatic carbocycles. The number of benzene rings is 1. The number of ether oxygens (including phenoxy) is 1. The number of esters is 1. The minimum atomic E-state index is -0.558. The highest BCUT2D eigenvalue weighted by Gasteiger charge is 2.71. The Kier molecular flexibility index (Phi) is 3.67. The lowest BCUT2D eigenvalue weighted by Gasteiger charge is -2.30. The van der Waals surface area contributed by atoms with E-state index in [2.05, 4.69) is 33.0 Å². The van der Waals surface area contributed by atoms with Crippen LogP contribution in [0, 0.1) is 0 Å². The first-order valence-corrected chi connectivity index (χ1v) is 7.27. The second-order valence-electron chi connectivity index (χ2n) is 6.88. The summed E-state index contributed by atoms with van der Waals surface area (Å²) in [6.07, 6.45) is 0.778. The molecule has 0 aromatic heterocycles. The third-order valence-corrected chi connectivity index (χ3v) is 3.98. The molecule has 0 heterocycles. The van der Waals surface area contributed by atoms with E-state index in [1.807, 2.05) is 37.3 Å². The van der Waals surface area contributed by atoms with Crippen LogP contribution in [0.25, 0.3) is 0 Å². The van der Waals surface area contributed by atoms with Gasteiger partial charge in [-0.3, -0.25) is 4.79 Å². The summed E-state index contributed by atoms with van der Waals surface area (Å²) in [6.45, 7) is 10.8. The molecule has 1 aliphatic rings. The largest absolute Gasteiger partial charge is 0.465 e. The molecule has 20 heavy (non-hydrogen) atoms. The first kappa shape index (κ1) is 15.0. The van der Waals surface area contributed by atoms with Crippen LogP contribution in [0.2, 0.25) is 0 Å². The van der Waals surface area contributed by atoms with Crippen LogP contribution >= 0.6 is 0 Å². The van der Waals surface area contributed by atoms with Crippen molar-refractivity contribution in [2.24, 2.45) is 0 Å².